The monoisotopic (exact) mass is 335 g/mol. The van der Waals surface area contributed by atoms with Crippen molar-refractivity contribution in [1.29, 1.82) is 0 Å². The molecule has 0 bridgehead atoms. The molecule has 1 saturated heterocycles. The number of piperidine rings is 1. The van der Waals surface area contributed by atoms with Gasteiger partial charge in [-0.05, 0) is 50.6 Å². The second kappa shape index (κ2) is 8.29. The summed E-state index contributed by atoms with van der Waals surface area (Å²) >= 11 is 0. The Hall–Kier alpha value is -1.40. The van der Waals surface area contributed by atoms with Gasteiger partial charge in [0.1, 0.15) is 5.75 Å². The summed E-state index contributed by atoms with van der Waals surface area (Å²) in [6.07, 6.45) is 1.29. The zero-order valence-corrected chi connectivity index (χ0v) is 13.1. The minimum atomic E-state index is -2.82. The van der Waals surface area contributed by atoms with Crippen molar-refractivity contribution in [3.05, 3.63) is 29.8 Å². The summed E-state index contributed by atoms with van der Waals surface area (Å²) in [6, 6.07) is 6.72. The Labute approximate surface area is 134 Å². The first-order valence-electron chi connectivity index (χ1n) is 6.99. The molecule has 1 aromatic carbocycles. The van der Waals surface area contributed by atoms with Crippen LogP contribution in [0.25, 0.3) is 0 Å². The molecule has 0 aromatic heterocycles. The van der Waals surface area contributed by atoms with Crippen LogP contribution < -0.4 is 4.74 Å². The molecule has 1 fully saturated rings. The predicted molar refractivity (Wildman–Crippen MR) is 80.7 cm³/mol. The van der Waals surface area contributed by atoms with Gasteiger partial charge in [0, 0.05) is 6.04 Å². The van der Waals surface area contributed by atoms with Crippen LogP contribution in [0.4, 0.5) is 8.78 Å². The number of hydrogen-bond donors (Lipinski definition) is 1. The molecule has 4 nitrogen and oxygen atoms in total. The Balaban J connectivity index is 0.00000242. The Morgan fingerprint density at radius 3 is 2.27 bits per heavy atom. The van der Waals surface area contributed by atoms with Gasteiger partial charge in [-0.15, -0.1) is 12.4 Å². The van der Waals surface area contributed by atoms with Gasteiger partial charge in [0.25, 0.3) is 0 Å². The highest BCUT2D eigenvalue weighted by Gasteiger charge is 2.27. The van der Waals surface area contributed by atoms with Crippen molar-refractivity contribution >= 4 is 18.4 Å². The first-order chi connectivity index (χ1) is 9.97. The van der Waals surface area contributed by atoms with E-state index in [1.54, 1.807) is 12.1 Å². The van der Waals surface area contributed by atoms with Crippen LogP contribution >= 0.6 is 12.4 Å². The summed E-state index contributed by atoms with van der Waals surface area (Å²) in [5, 5.41) is 8.99. The van der Waals surface area contributed by atoms with Gasteiger partial charge in [-0.1, -0.05) is 12.1 Å². The number of aliphatic carboxylic acids is 1. The summed E-state index contributed by atoms with van der Waals surface area (Å²) in [7, 11) is 0. The minimum absolute atomic E-state index is 0. The maximum atomic E-state index is 12.1. The van der Waals surface area contributed by atoms with Crippen LogP contribution in [0.15, 0.2) is 24.3 Å². The summed E-state index contributed by atoms with van der Waals surface area (Å²) < 4.78 is 28.5. The first kappa shape index (κ1) is 18.6. The summed E-state index contributed by atoms with van der Waals surface area (Å²) in [5.74, 6) is -0.836. The molecule has 0 radical (unpaired) electrons. The molecule has 0 spiro atoms. The number of alkyl halides is 2. The molecule has 1 unspecified atom stereocenters. The van der Waals surface area contributed by atoms with E-state index in [1.807, 2.05) is 6.92 Å². The van der Waals surface area contributed by atoms with E-state index in [0.717, 1.165) is 18.7 Å². The van der Waals surface area contributed by atoms with E-state index in [-0.39, 0.29) is 30.1 Å². The van der Waals surface area contributed by atoms with Crippen LogP contribution in [0.5, 0.6) is 5.75 Å². The number of rotatable bonds is 5. The lowest BCUT2D eigenvalue weighted by Crippen LogP contribution is -2.37. The fourth-order valence-corrected chi connectivity index (χ4v) is 2.67. The van der Waals surface area contributed by atoms with Crippen LogP contribution in [0, 0.1) is 5.92 Å². The second-order valence-electron chi connectivity index (χ2n) is 5.27. The molecule has 0 saturated carbocycles. The number of likely N-dealkylation sites (tertiary alicyclic amines) is 1. The molecule has 1 heterocycles. The fraction of sp³-hybridized carbons (Fsp3) is 0.533. The highest BCUT2D eigenvalue weighted by atomic mass is 35.5. The molecule has 22 heavy (non-hydrogen) atoms. The Morgan fingerprint density at radius 2 is 1.82 bits per heavy atom. The zero-order valence-electron chi connectivity index (χ0n) is 12.2. The van der Waals surface area contributed by atoms with Crippen molar-refractivity contribution in [1.82, 2.24) is 4.90 Å². The van der Waals surface area contributed by atoms with Gasteiger partial charge in [-0.25, -0.2) is 0 Å². The topological polar surface area (TPSA) is 49.8 Å². The number of ether oxygens (including phenoxy) is 1. The van der Waals surface area contributed by atoms with E-state index in [0.29, 0.717) is 12.8 Å². The molecule has 1 atom stereocenters. The normalized spacial score (nSPS) is 17.8. The largest absolute Gasteiger partial charge is 0.481 e. The number of benzene rings is 1. The molecule has 1 N–H and O–H groups in total. The van der Waals surface area contributed by atoms with Gasteiger partial charge in [-0.3, -0.25) is 9.69 Å². The van der Waals surface area contributed by atoms with Crippen molar-refractivity contribution < 1.29 is 23.4 Å². The van der Waals surface area contributed by atoms with Crippen molar-refractivity contribution in [2.45, 2.75) is 32.4 Å². The lowest BCUT2D eigenvalue weighted by atomic mass is 9.95. The SMILES string of the molecule is CC(c1ccc(OC(F)F)cc1)N1CCC(C(=O)O)CC1.Cl. The van der Waals surface area contributed by atoms with Gasteiger partial charge in [0.05, 0.1) is 5.92 Å². The number of carboxylic acids is 1. The van der Waals surface area contributed by atoms with Gasteiger partial charge >= 0.3 is 12.6 Å². The van der Waals surface area contributed by atoms with Crippen molar-refractivity contribution in [3.63, 3.8) is 0 Å². The molecule has 1 aromatic rings. The molecule has 1 aliphatic heterocycles. The smallest absolute Gasteiger partial charge is 0.387 e. The molecule has 0 aliphatic carbocycles. The fourth-order valence-electron chi connectivity index (χ4n) is 2.67. The van der Waals surface area contributed by atoms with E-state index in [1.165, 1.54) is 12.1 Å². The number of nitrogens with zero attached hydrogens (tertiary/aromatic N) is 1. The van der Waals surface area contributed by atoms with E-state index in [9.17, 15) is 13.6 Å². The zero-order chi connectivity index (χ0) is 15.4. The van der Waals surface area contributed by atoms with E-state index >= 15 is 0 Å². The average Bonchev–Trinajstić information content (AvgIpc) is 2.47. The van der Waals surface area contributed by atoms with Crippen molar-refractivity contribution in [3.8, 4) is 5.75 Å². The van der Waals surface area contributed by atoms with Crippen LogP contribution in [0.2, 0.25) is 0 Å². The third kappa shape index (κ3) is 4.81. The number of halogens is 3. The predicted octanol–water partition coefficient (Wildman–Crippen LogP) is 3.57. The maximum Gasteiger partial charge on any atom is 0.387 e. The van der Waals surface area contributed by atoms with E-state index in [4.69, 9.17) is 5.11 Å². The van der Waals surface area contributed by atoms with Crippen LogP contribution in [0.1, 0.15) is 31.4 Å². The molecule has 2 rings (SSSR count). The quantitative estimate of drug-likeness (QED) is 0.893. The summed E-state index contributed by atoms with van der Waals surface area (Å²) in [4.78, 5) is 13.1. The van der Waals surface area contributed by atoms with Crippen molar-refractivity contribution in [2.24, 2.45) is 5.92 Å². The van der Waals surface area contributed by atoms with Gasteiger partial charge in [0.15, 0.2) is 0 Å². The van der Waals surface area contributed by atoms with Crippen LogP contribution in [-0.4, -0.2) is 35.7 Å². The molecule has 124 valence electrons. The van der Waals surface area contributed by atoms with Crippen molar-refractivity contribution in [2.75, 3.05) is 13.1 Å². The first-order valence-corrected chi connectivity index (χ1v) is 6.99. The van der Waals surface area contributed by atoms with Crippen LogP contribution in [0.3, 0.4) is 0 Å². The summed E-state index contributed by atoms with van der Waals surface area (Å²) in [5.41, 5.74) is 1.00. The van der Waals surface area contributed by atoms with E-state index in [2.05, 4.69) is 9.64 Å². The highest BCUT2D eigenvalue weighted by molar-refractivity contribution is 5.85. The van der Waals surface area contributed by atoms with Gasteiger partial charge < -0.3 is 9.84 Å². The Kier molecular flexibility index (Phi) is 7.03. The summed E-state index contributed by atoms with van der Waals surface area (Å²) in [6.45, 7) is 0.675. The number of hydrogen-bond acceptors (Lipinski definition) is 3. The lowest BCUT2D eigenvalue weighted by molar-refractivity contribution is -0.143. The number of carbonyl (C=O) groups is 1. The number of carboxylic acid groups (broad SMARTS) is 1. The molecule has 0 amide bonds. The standard InChI is InChI=1S/C15H19F2NO3.ClH/c1-10(18-8-6-12(7-9-18)14(19)20)11-2-4-13(5-3-11)21-15(16)17;/h2-5,10,12,15H,6-9H2,1H3,(H,19,20);1H. The third-order valence-electron chi connectivity index (χ3n) is 4.01. The Morgan fingerprint density at radius 1 is 1.27 bits per heavy atom. The highest BCUT2D eigenvalue weighted by Crippen LogP contribution is 2.28. The lowest BCUT2D eigenvalue weighted by Gasteiger charge is -2.35. The molecular weight excluding hydrogens is 316 g/mol. The third-order valence-corrected chi connectivity index (χ3v) is 4.01. The van der Waals surface area contributed by atoms with E-state index < -0.39 is 12.6 Å². The molecule has 7 heteroatoms. The second-order valence-corrected chi connectivity index (χ2v) is 5.27. The van der Waals surface area contributed by atoms with Crippen LogP contribution in [-0.2, 0) is 4.79 Å². The maximum absolute atomic E-state index is 12.1. The average molecular weight is 336 g/mol. The van der Waals surface area contributed by atoms with Gasteiger partial charge in [0.2, 0.25) is 0 Å². The molecular formula is C15H20ClF2NO3. The molecule has 1 aliphatic rings. The van der Waals surface area contributed by atoms with Gasteiger partial charge in [-0.2, -0.15) is 8.78 Å². The minimum Gasteiger partial charge on any atom is -0.481 e. The Bertz CT molecular complexity index is 476.